The van der Waals surface area contributed by atoms with Crippen LogP contribution in [0.3, 0.4) is 0 Å². The Morgan fingerprint density at radius 3 is 2.36 bits per heavy atom. The van der Waals surface area contributed by atoms with Crippen molar-refractivity contribution >= 4 is 40.8 Å². The van der Waals surface area contributed by atoms with Gasteiger partial charge in [0.2, 0.25) is 0 Å². The van der Waals surface area contributed by atoms with Crippen molar-refractivity contribution in [3.05, 3.63) is 93.7 Å². The monoisotopic (exact) mass is 478 g/mol. The Hall–Kier alpha value is -3.54. The van der Waals surface area contributed by atoms with Crippen LogP contribution in [0.4, 0.5) is 0 Å². The van der Waals surface area contributed by atoms with Crippen molar-refractivity contribution in [1.29, 1.82) is 0 Å². The lowest BCUT2D eigenvalue weighted by Crippen LogP contribution is -2.00. The topological polar surface area (TPSA) is 75.2 Å². The van der Waals surface area contributed by atoms with Crippen LogP contribution < -0.4 is 4.74 Å². The maximum Gasteiger partial charge on any atom is 0.336 e. The van der Waals surface area contributed by atoms with Crippen LogP contribution in [0.1, 0.15) is 17.0 Å². The molecule has 7 heteroatoms. The fraction of sp³-hybridized carbons (Fsp3) is 0.0769. The number of carbonyl (C=O) groups is 1. The Bertz CT molecular complexity index is 1360. The number of nitrogens with one attached hydrogen (secondary N) is 1. The van der Waals surface area contributed by atoms with E-state index in [2.05, 4.69) is 4.98 Å². The van der Waals surface area contributed by atoms with Crippen molar-refractivity contribution in [2.24, 2.45) is 0 Å². The maximum atomic E-state index is 12.0. The molecule has 1 aromatic heterocycles. The number of aliphatic carboxylic acids is 1. The Morgan fingerprint density at radius 1 is 1.00 bits per heavy atom. The number of rotatable bonds is 6. The minimum absolute atomic E-state index is 0.134. The predicted octanol–water partition coefficient (Wildman–Crippen LogP) is 6.99. The highest BCUT2D eigenvalue weighted by molar-refractivity contribution is 6.42. The molecule has 166 valence electrons. The van der Waals surface area contributed by atoms with Gasteiger partial charge in [0.05, 0.1) is 34.1 Å². The molecule has 0 spiro atoms. The molecule has 0 atom stereocenters. The third-order valence-corrected chi connectivity index (χ3v) is 5.87. The summed E-state index contributed by atoms with van der Waals surface area (Å²) in [5, 5.41) is 10.7. The van der Waals surface area contributed by atoms with Crippen molar-refractivity contribution in [1.82, 2.24) is 9.97 Å². The Kier molecular flexibility index (Phi) is 6.54. The Labute approximate surface area is 201 Å². The Balaban J connectivity index is 1.88. The molecule has 1 heterocycles. The number of ether oxygens (including phenoxy) is 1. The summed E-state index contributed by atoms with van der Waals surface area (Å²) in [5.74, 6) is 0.0852. The zero-order valence-corrected chi connectivity index (χ0v) is 19.4. The number of hydrogen-bond donors (Lipinski definition) is 2. The standard InChI is InChI=1S/C26H20Cl2N2O3/c1-15-4-3-5-17(12-15)20(26(31)32)14-23-29-24(16-6-9-19(33-2)10-7-16)25(30-23)18-8-11-21(27)22(28)13-18/h3-14H,1-2H3,(H,29,30)(H,31,32)/b20-14-. The van der Waals surface area contributed by atoms with Crippen LogP contribution >= 0.6 is 23.2 Å². The molecule has 0 aliphatic heterocycles. The van der Waals surface area contributed by atoms with Gasteiger partial charge in [0, 0.05) is 11.1 Å². The van der Waals surface area contributed by atoms with Gasteiger partial charge in [-0.15, -0.1) is 0 Å². The number of aryl methyl sites for hydroxylation is 1. The van der Waals surface area contributed by atoms with Crippen molar-refractivity contribution in [3.63, 3.8) is 0 Å². The molecule has 0 unspecified atom stereocenters. The van der Waals surface area contributed by atoms with Crippen LogP contribution in [0, 0.1) is 6.92 Å². The Morgan fingerprint density at radius 2 is 1.73 bits per heavy atom. The quantitative estimate of drug-likeness (QED) is 0.292. The van der Waals surface area contributed by atoms with E-state index < -0.39 is 5.97 Å². The van der Waals surface area contributed by atoms with Gasteiger partial charge < -0.3 is 14.8 Å². The second kappa shape index (κ2) is 9.53. The fourth-order valence-corrected chi connectivity index (χ4v) is 3.79. The smallest absolute Gasteiger partial charge is 0.336 e. The normalized spacial score (nSPS) is 11.5. The lowest BCUT2D eigenvalue weighted by molar-refractivity contribution is -0.130. The molecule has 3 aromatic carbocycles. The van der Waals surface area contributed by atoms with Gasteiger partial charge in [-0.3, -0.25) is 0 Å². The van der Waals surface area contributed by atoms with Gasteiger partial charge in [-0.2, -0.15) is 0 Å². The molecule has 2 N–H and O–H groups in total. The zero-order valence-electron chi connectivity index (χ0n) is 17.9. The summed E-state index contributed by atoms with van der Waals surface area (Å²) in [5.41, 5.74) is 4.65. The summed E-state index contributed by atoms with van der Waals surface area (Å²) >= 11 is 12.4. The van der Waals surface area contributed by atoms with E-state index in [1.807, 2.05) is 55.5 Å². The number of imidazole rings is 1. The minimum Gasteiger partial charge on any atom is -0.497 e. The molecule has 5 nitrogen and oxygen atoms in total. The van der Waals surface area contributed by atoms with E-state index in [-0.39, 0.29) is 5.57 Å². The molecule has 0 fully saturated rings. The molecule has 4 rings (SSSR count). The van der Waals surface area contributed by atoms with Crippen LogP contribution in [0.5, 0.6) is 5.75 Å². The number of hydrogen-bond acceptors (Lipinski definition) is 3. The van der Waals surface area contributed by atoms with E-state index in [9.17, 15) is 9.90 Å². The summed E-state index contributed by atoms with van der Waals surface area (Å²) < 4.78 is 5.26. The maximum absolute atomic E-state index is 12.0. The summed E-state index contributed by atoms with van der Waals surface area (Å²) in [6.07, 6.45) is 1.53. The van der Waals surface area contributed by atoms with E-state index in [1.54, 1.807) is 25.3 Å². The highest BCUT2D eigenvalue weighted by Crippen LogP contribution is 2.35. The van der Waals surface area contributed by atoms with Crippen LogP contribution in [-0.4, -0.2) is 28.2 Å². The molecule has 4 aromatic rings. The average Bonchev–Trinajstić information content (AvgIpc) is 3.23. The van der Waals surface area contributed by atoms with E-state index in [1.165, 1.54) is 6.08 Å². The molecular weight excluding hydrogens is 459 g/mol. The lowest BCUT2D eigenvalue weighted by Gasteiger charge is -2.06. The molecule has 0 aliphatic carbocycles. The van der Waals surface area contributed by atoms with Gasteiger partial charge in [0.25, 0.3) is 0 Å². The number of aromatic nitrogens is 2. The third-order valence-electron chi connectivity index (χ3n) is 5.13. The van der Waals surface area contributed by atoms with Crippen molar-refractivity contribution in [3.8, 4) is 28.3 Å². The molecule has 33 heavy (non-hydrogen) atoms. The zero-order chi connectivity index (χ0) is 23.5. The van der Waals surface area contributed by atoms with E-state index in [0.29, 0.717) is 27.1 Å². The van der Waals surface area contributed by atoms with Crippen LogP contribution in [-0.2, 0) is 4.79 Å². The summed E-state index contributed by atoms with van der Waals surface area (Å²) in [6, 6.07) is 20.1. The molecule has 0 bridgehead atoms. The lowest BCUT2D eigenvalue weighted by atomic mass is 10.0. The summed E-state index contributed by atoms with van der Waals surface area (Å²) in [4.78, 5) is 20.0. The molecule has 0 saturated carbocycles. The van der Waals surface area contributed by atoms with Crippen molar-refractivity contribution in [2.75, 3.05) is 7.11 Å². The number of aromatic amines is 1. The van der Waals surface area contributed by atoms with Crippen molar-refractivity contribution in [2.45, 2.75) is 6.92 Å². The first-order valence-corrected chi connectivity index (χ1v) is 10.8. The molecule has 0 amide bonds. The molecular formula is C26H20Cl2N2O3. The van der Waals surface area contributed by atoms with E-state index in [0.717, 1.165) is 28.1 Å². The average molecular weight is 479 g/mol. The predicted molar refractivity (Wildman–Crippen MR) is 133 cm³/mol. The number of H-pyrrole nitrogens is 1. The van der Waals surface area contributed by atoms with Gasteiger partial charge in [-0.1, -0.05) is 59.1 Å². The SMILES string of the molecule is COc1ccc(-c2[nH]c(/C=C(\C(=O)O)c3cccc(C)c3)nc2-c2ccc(Cl)c(Cl)c2)cc1. The minimum atomic E-state index is -1.04. The molecule has 0 aliphatic rings. The first-order chi connectivity index (χ1) is 15.9. The van der Waals surface area contributed by atoms with Gasteiger partial charge in [-0.05, 0) is 55.0 Å². The van der Waals surface area contributed by atoms with Crippen LogP contribution in [0.15, 0.2) is 66.7 Å². The number of carboxylic acids is 1. The first kappa shape index (κ1) is 22.6. The molecule has 0 radical (unpaired) electrons. The van der Waals surface area contributed by atoms with E-state index >= 15 is 0 Å². The number of halogens is 2. The number of carboxylic acid groups (broad SMARTS) is 1. The second-order valence-corrected chi connectivity index (χ2v) is 8.25. The fourth-order valence-electron chi connectivity index (χ4n) is 3.50. The van der Waals surface area contributed by atoms with Gasteiger partial charge in [0.15, 0.2) is 0 Å². The molecule has 0 saturated heterocycles. The number of nitrogens with zero attached hydrogens (tertiary/aromatic N) is 1. The van der Waals surface area contributed by atoms with Crippen LogP contribution in [0.25, 0.3) is 34.2 Å². The van der Waals surface area contributed by atoms with Gasteiger partial charge in [0.1, 0.15) is 11.6 Å². The van der Waals surface area contributed by atoms with Gasteiger partial charge >= 0.3 is 5.97 Å². The second-order valence-electron chi connectivity index (χ2n) is 7.44. The largest absolute Gasteiger partial charge is 0.497 e. The van der Waals surface area contributed by atoms with Crippen LogP contribution in [0.2, 0.25) is 10.0 Å². The van der Waals surface area contributed by atoms with E-state index in [4.69, 9.17) is 32.9 Å². The highest BCUT2D eigenvalue weighted by Gasteiger charge is 2.17. The van der Waals surface area contributed by atoms with Gasteiger partial charge in [-0.25, -0.2) is 9.78 Å². The summed E-state index contributed by atoms with van der Waals surface area (Å²) in [6.45, 7) is 1.92. The number of benzene rings is 3. The summed E-state index contributed by atoms with van der Waals surface area (Å²) in [7, 11) is 1.61. The van der Waals surface area contributed by atoms with Crippen molar-refractivity contribution < 1.29 is 14.6 Å². The third kappa shape index (κ3) is 4.95. The number of methoxy groups -OCH3 is 1. The highest BCUT2D eigenvalue weighted by atomic mass is 35.5. The first-order valence-electron chi connectivity index (χ1n) is 10.1.